The van der Waals surface area contributed by atoms with Gasteiger partial charge in [0.15, 0.2) is 4.88 Å². The molecule has 0 saturated carbocycles. The number of carbonyl (C=O) groups is 3. The number of esters is 1. The maximum absolute atomic E-state index is 12.1. The lowest BCUT2D eigenvalue weighted by Gasteiger charge is -2.17. The number of hydrogen-bond acceptors (Lipinski definition) is 10. The average Bonchev–Trinajstić information content (AvgIpc) is 3.23. The van der Waals surface area contributed by atoms with E-state index < -0.39 is 23.8 Å². The van der Waals surface area contributed by atoms with Crippen LogP contribution in [0.25, 0.3) is 21.9 Å². The van der Waals surface area contributed by atoms with Crippen molar-refractivity contribution in [2.45, 2.75) is 13.0 Å². The Hall–Kier alpha value is -3.54. The Balaban J connectivity index is 1.72. The third kappa shape index (κ3) is 3.06. The van der Waals surface area contributed by atoms with Gasteiger partial charge in [0, 0.05) is 19.5 Å². The molecule has 1 saturated heterocycles. The van der Waals surface area contributed by atoms with Gasteiger partial charge in [-0.1, -0.05) is 0 Å². The van der Waals surface area contributed by atoms with Crippen LogP contribution in [0, 0.1) is 0 Å². The lowest BCUT2D eigenvalue weighted by Crippen LogP contribution is -2.33. The number of amides is 2. The van der Waals surface area contributed by atoms with Crippen LogP contribution in [0.4, 0.5) is 5.69 Å². The minimum Gasteiger partial charge on any atom is -0.462 e. The molecule has 1 aromatic carbocycles. The van der Waals surface area contributed by atoms with Gasteiger partial charge in [-0.05, 0) is 36.7 Å². The standard InChI is InChI=1S/C17H15N7O4S/c1-4-28-17(27)14-12-11(22-29-14)9-7-8(5-6-10(9)19-20-12)18-21-13-15(25)23(2)24(3)16(13)26/h5-7,13H,4H2,1-3H3. The summed E-state index contributed by atoms with van der Waals surface area (Å²) in [6.07, 6.45) is 0. The molecular weight excluding hydrogens is 398 g/mol. The first-order valence-corrected chi connectivity index (χ1v) is 9.38. The van der Waals surface area contributed by atoms with E-state index in [4.69, 9.17) is 4.74 Å². The smallest absolute Gasteiger partial charge is 0.352 e. The van der Waals surface area contributed by atoms with E-state index in [0.717, 1.165) is 11.5 Å². The number of aromatic nitrogens is 3. The SMILES string of the molecule is CCOC(=O)c1snc2c1nnc1ccc(N=NC3C(=O)N(C)N(C)C3=O)cc12. The molecule has 148 valence electrons. The van der Waals surface area contributed by atoms with Crippen molar-refractivity contribution in [1.29, 1.82) is 0 Å². The summed E-state index contributed by atoms with van der Waals surface area (Å²) in [5.41, 5.74) is 1.81. The molecule has 0 bridgehead atoms. The maximum atomic E-state index is 12.1. The van der Waals surface area contributed by atoms with Gasteiger partial charge in [0.1, 0.15) is 11.0 Å². The summed E-state index contributed by atoms with van der Waals surface area (Å²) < 4.78 is 9.34. The van der Waals surface area contributed by atoms with Gasteiger partial charge in [0.25, 0.3) is 11.8 Å². The van der Waals surface area contributed by atoms with Crippen molar-refractivity contribution in [3.8, 4) is 0 Å². The zero-order valence-electron chi connectivity index (χ0n) is 15.7. The zero-order chi connectivity index (χ0) is 20.7. The number of likely N-dealkylation sites (N-methyl/N-ethyl adjacent to an activating group) is 2. The molecule has 2 aromatic heterocycles. The summed E-state index contributed by atoms with van der Waals surface area (Å²) in [5, 5.41) is 19.2. The Bertz CT molecular complexity index is 1170. The predicted molar refractivity (Wildman–Crippen MR) is 103 cm³/mol. The highest BCUT2D eigenvalue weighted by atomic mass is 32.1. The first-order chi connectivity index (χ1) is 13.9. The number of nitrogens with zero attached hydrogens (tertiary/aromatic N) is 7. The predicted octanol–water partition coefficient (Wildman–Crippen LogP) is 1.71. The summed E-state index contributed by atoms with van der Waals surface area (Å²) in [6.45, 7) is 1.96. The molecule has 0 unspecified atom stereocenters. The van der Waals surface area contributed by atoms with E-state index >= 15 is 0 Å². The molecule has 4 rings (SSSR count). The van der Waals surface area contributed by atoms with Crippen LogP contribution in [0.5, 0.6) is 0 Å². The lowest BCUT2D eigenvalue weighted by atomic mass is 10.2. The highest BCUT2D eigenvalue weighted by Gasteiger charge is 2.42. The highest BCUT2D eigenvalue weighted by Crippen LogP contribution is 2.30. The van der Waals surface area contributed by atoms with Gasteiger partial charge in [-0.25, -0.2) is 4.79 Å². The Kier molecular flexibility index (Phi) is 4.62. The van der Waals surface area contributed by atoms with Crippen LogP contribution >= 0.6 is 11.5 Å². The minimum absolute atomic E-state index is 0.243. The quantitative estimate of drug-likeness (QED) is 0.361. The van der Waals surface area contributed by atoms with Crippen LogP contribution in [-0.4, -0.2) is 69.1 Å². The lowest BCUT2D eigenvalue weighted by molar-refractivity contribution is -0.141. The molecule has 2 amide bonds. The average molecular weight is 413 g/mol. The molecule has 11 nitrogen and oxygen atoms in total. The summed E-state index contributed by atoms with van der Waals surface area (Å²) in [6, 6.07) is 3.78. The van der Waals surface area contributed by atoms with Gasteiger partial charge < -0.3 is 4.74 Å². The number of rotatable bonds is 4. The Morgan fingerprint density at radius 3 is 2.59 bits per heavy atom. The van der Waals surface area contributed by atoms with Gasteiger partial charge in [0.05, 0.1) is 17.8 Å². The van der Waals surface area contributed by atoms with Crippen molar-refractivity contribution < 1.29 is 19.1 Å². The van der Waals surface area contributed by atoms with Crippen LogP contribution in [0.3, 0.4) is 0 Å². The molecule has 0 atom stereocenters. The van der Waals surface area contributed by atoms with E-state index in [1.54, 1.807) is 25.1 Å². The van der Waals surface area contributed by atoms with Crippen LogP contribution in [0.1, 0.15) is 16.6 Å². The zero-order valence-corrected chi connectivity index (χ0v) is 16.5. The molecular formula is C17H15N7O4S. The van der Waals surface area contributed by atoms with Crippen LogP contribution < -0.4 is 0 Å². The molecule has 1 aliphatic rings. The second kappa shape index (κ2) is 7.13. The normalized spacial score (nSPS) is 15.4. The number of fused-ring (bicyclic) bond motifs is 3. The van der Waals surface area contributed by atoms with Crippen molar-refractivity contribution in [2.75, 3.05) is 20.7 Å². The molecule has 1 fully saturated rings. The van der Waals surface area contributed by atoms with Crippen LogP contribution in [-0.2, 0) is 14.3 Å². The van der Waals surface area contributed by atoms with Gasteiger partial charge in [-0.2, -0.15) is 14.6 Å². The minimum atomic E-state index is -1.20. The van der Waals surface area contributed by atoms with E-state index in [1.807, 2.05) is 0 Å². The fraction of sp³-hybridized carbons (Fsp3) is 0.294. The fourth-order valence-corrected chi connectivity index (χ4v) is 3.56. The number of benzene rings is 1. The molecule has 12 heteroatoms. The highest BCUT2D eigenvalue weighted by molar-refractivity contribution is 7.09. The number of azo groups is 1. The van der Waals surface area contributed by atoms with Crippen molar-refractivity contribution in [3.63, 3.8) is 0 Å². The number of hydrazine groups is 1. The van der Waals surface area contributed by atoms with Gasteiger partial charge in [0.2, 0.25) is 6.04 Å². The van der Waals surface area contributed by atoms with Crippen molar-refractivity contribution in [3.05, 3.63) is 23.1 Å². The molecule has 0 spiro atoms. The Morgan fingerprint density at radius 1 is 1.17 bits per heavy atom. The molecule has 3 aromatic rings. The summed E-state index contributed by atoms with van der Waals surface area (Å²) in [4.78, 5) is 36.5. The third-order valence-corrected chi connectivity index (χ3v) is 5.28. The van der Waals surface area contributed by atoms with Crippen LogP contribution in [0.15, 0.2) is 28.4 Å². The summed E-state index contributed by atoms with van der Waals surface area (Å²) >= 11 is 0.985. The number of ether oxygens (including phenoxy) is 1. The largest absolute Gasteiger partial charge is 0.462 e. The second-order valence-electron chi connectivity index (χ2n) is 6.17. The third-order valence-electron chi connectivity index (χ3n) is 4.47. The topological polar surface area (TPSA) is 130 Å². The maximum Gasteiger partial charge on any atom is 0.352 e. The molecule has 1 aliphatic heterocycles. The molecule has 29 heavy (non-hydrogen) atoms. The van der Waals surface area contributed by atoms with Gasteiger partial charge in [-0.3, -0.25) is 19.6 Å². The Labute approximate surface area is 168 Å². The number of carbonyl (C=O) groups excluding carboxylic acids is 3. The Morgan fingerprint density at radius 2 is 1.90 bits per heavy atom. The van der Waals surface area contributed by atoms with Gasteiger partial charge in [-0.15, -0.1) is 10.2 Å². The molecule has 0 aliphatic carbocycles. The van der Waals surface area contributed by atoms with Crippen molar-refractivity contribution in [2.24, 2.45) is 10.2 Å². The summed E-state index contributed by atoms with van der Waals surface area (Å²) in [7, 11) is 2.98. The van der Waals surface area contributed by atoms with Crippen molar-refractivity contribution >= 4 is 56.9 Å². The van der Waals surface area contributed by atoms with Crippen molar-refractivity contribution in [1.82, 2.24) is 24.6 Å². The monoisotopic (exact) mass is 413 g/mol. The first kappa shape index (κ1) is 18.8. The summed E-state index contributed by atoms with van der Waals surface area (Å²) in [5.74, 6) is -1.40. The van der Waals surface area contributed by atoms with E-state index in [9.17, 15) is 14.4 Å². The van der Waals surface area contributed by atoms with E-state index in [1.165, 1.54) is 24.1 Å². The van der Waals surface area contributed by atoms with E-state index in [0.29, 0.717) is 27.6 Å². The molecule has 0 radical (unpaired) electrons. The fourth-order valence-electron chi connectivity index (χ4n) is 2.83. The van der Waals surface area contributed by atoms with Crippen LogP contribution in [0.2, 0.25) is 0 Å². The molecule has 0 N–H and O–H groups in total. The van der Waals surface area contributed by atoms with Gasteiger partial charge >= 0.3 is 5.97 Å². The molecule has 3 heterocycles. The van der Waals surface area contributed by atoms with E-state index in [-0.39, 0.29) is 11.5 Å². The first-order valence-electron chi connectivity index (χ1n) is 8.61. The van der Waals surface area contributed by atoms with E-state index in [2.05, 4.69) is 24.8 Å². The number of hydrogen-bond donors (Lipinski definition) is 0. The second-order valence-corrected chi connectivity index (χ2v) is 6.95.